The summed E-state index contributed by atoms with van der Waals surface area (Å²) in [6, 6.07) is 4.96. The number of aryl methyl sites for hydroxylation is 2. The van der Waals surface area contributed by atoms with Gasteiger partial charge in [0.2, 0.25) is 0 Å². The van der Waals surface area contributed by atoms with Gasteiger partial charge in [-0.05, 0) is 81.0 Å². The second-order valence-electron chi connectivity index (χ2n) is 7.12. The molecule has 3 unspecified atom stereocenters. The molecule has 2 aliphatic rings. The van der Waals surface area contributed by atoms with Gasteiger partial charge in [-0.2, -0.15) is 0 Å². The van der Waals surface area contributed by atoms with Crippen molar-refractivity contribution in [2.24, 2.45) is 17.8 Å². The lowest BCUT2D eigenvalue weighted by atomic mass is 9.85. The van der Waals surface area contributed by atoms with Crippen LogP contribution in [-0.4, -0.2) is 13.7 Å². The molecule has 0 aliphatic heterocycles. The van der Waals surface area contributed by atoms with E-state index in [9.17, 15) is 0 Å². The van der Waals surface area contributed by atoms with Gasteiger partial charge in [0.05, 0.1) is 7.11 Å². The summed E-state index contributed by atoms with van der Waals surface area (Å²) in [6.45, 7) is 7.72. The molecule has 0 spiro atoms. The highest BCUT2D eigenvalue weighted by molar-refractivity contribution is 5.45. The van der Waals surface area contributed by atoms with Crippen LogP contribution < -0.4 is 10.1 Å². The van der Waals surface area contributed by atoms with Crippen LogP contribution in [0.15, 0.2) is 12.1 Å². The van der Waals surface area contributed by atoms with Gasteiger partial charge in [0.1, 0.15) is 5.75 Å². The van der Waals surface area contributed by atoms with E-state index < -0.39 is 0 Å². The Bertz CT molecular complexity index is 501. The zero-order valence-corrected chi connectivity index (χ0v) is 13.9. The Morgan fingerprint density at radius 3 is 2.52 bits per heavy atom. The van der Waals surface area contributed by atoms with Crippen molar-refractivity contribution in [3.63, 3.8) is 0 Å². The van der Waals surface area contributed by atoms with E-state index in [-0.39, 0.29) is 0 Å². The molecular weight excluding hydrogens is 258 g/mol. The largest absolute Gasteiger partial charge is 0.496 e. The second-order valence-corrected chi connectivity index (χ2v) is 7.12. The highest BCUT2D eigenvalue weighted by atomic mass is 16.5. The Hall–Kier alpha value is -1.02. The molecule has 2 saturated carbocycles. The summed E-state index contributed by atoms with van der Waals surface area (Å²) < 4.78 is 5.73. The van der Waals surface area contributed by atoms with E-state index >= 15 is 0 Å². The zero-order chi connectivity index (χ0) is 15.0. The Labute approximate surface area is 129 Å². The number of benzene rings is 1. The number of rotatable bonds is 6. The molecule has 1 aromatic carbocycles. The van der Waals surface area contributed by atoms with Crippen molar-refractivity contribution in [2.75, 3.05) is 13.7 Å². The first-order valence-electron chi connectivity index (χ1n) is 8.52. The summed E-state index contributed by atoms with van der Waals surface area (Å²) in [4.78, 5) is 0. The third kappa shape index (κ3) is 2.96. The van der Waals surface area contributed by atoms with Gasteiger partial charge >= 0.3 is 0 Å². The lowest BCUT2D eigenvalue weighted by molar-refractivity contribution is 0.325. The number of hydrogen-bond acceptors (Lipinski definition) is 2. The fourth-order valence-corrected chi connectivity index (χ4v) is 4.35. The van der Waals surface area contributed by atoms with E-state index in [1.807, 2.05) is 0 Å². The topological polar surface area (TPSA) is 21.3 Å². The molecule has 1 aromatic rings. The molecule has 0 aromatic heterocycles. The maximum absolute atomic E-state index is 5.73. The minimum absolute atomic E-state index is 0.466. The first-order chi connectivity index (χ1) is 10.1. The van der Waals surface area contributed by atoms with Gasteiger partial charge in [0.15, 0.2) is 0 Å². The molecule has 3 atom stereocenters. The Morgan fingerprint density at radius 2 is 1.90 bits per heavy atom. The molecule has 116 valence electrons. The molecule has 2 heteroatoms. The Balaban J connectivity index is 1.91. The van der Waals surface area contributed by atoms with Crippen LogP contribution in [0.2, 0.25) is 0 Å². The first kappa shape index (κ1) is 14.9. The van der Waals surface area contributed by atoms with Gasteiger partial charge in [-0.15, -0.1) is 0 Å². The third-order valence-electron chi connectivity index (χ3n) is 5.39. The van der Waals surface area contributed by atoms with Gasteiger partial charge in [-0.1, -0.05) is 13.0 Å². The smallest absolute Gasteiger partial charge is 0.124 e. The van der Waals surface area contributed by atoms with Gasteiger partial charge < -0.3 is 10.1 Å². The maximum atomic E-state index is 5.73. The van der Waals surface area contributed by atoms with Crippen LogP contribution in [0.4, 0.5) is 0 Å². The molecule has 0 heterocycles. The summed E-state index contributed by atoms with van der Waals surface area (Å²) >= 11 is 0. The second kappa shape index (κ2) is 6.00. The summed E-state index contributed by atoms with van der Waals surface area (Å²) in [5, 5.41) is 3.82. The quantitative estimate of drug-likeness (QED) is 0.837. The molecule has 2 aliphatic carbocycles. The van der Waals surface area contributed by atoms with Crippen LogP contribution in [-0.2, 0) is 0 Å². The van der Waals surface area contributed by atoms with Crippen molar-refractivity contribution in [1.82, 2.24) is 5.32 Å². The van der Waals surface area contributed by atoms with Gasteiger partial charge in [-0.3, -0.25) is 0 Å². The number of fused-ring (bicyclic) bond motifs is 1. The Kier molecular flexibility index (Phi) is 4.26. The molecule has 0 bridgehead atoms. The average molecular weight is 287 g/mol. The summed E-state index contributed by atoms with van der Waals surface area (Å²) in [7, 11) is 1.81. The molecule has 3 rings (SSSR count). The lowest BCUT2D eigenvalue weighted by Crippen LogP contribution is -2.29. The molecule has 0 amide bonds. The van der Waals surface area contributed by atoms with Crippen LogP contribution in [0.3, 0.4) is 0 Å². The van der Waals surface area contributed by atoms with Crippen molar-refractivity contribution in [3.8, 4) is 5.75 Å². The molecule has 1 N–H and O–H groups in total. The minimum Gasteiger partial charge on any atom is -0.496 e. The first-order valence-corrected chi connectivity index (χ1v) is 8.52. The predicted octanol–water partition coefficient (Wildman–Crippen LogP) is 4.40. The number of methoxy groups -OCH3 is 1. The number of hydrogen-bond donors (Lipinski definition) is 1. The number of nitrogens with one attached hydrogen (secondary N) is 1. The average Bonchev–Trinajstić information content (AvgIpc) is 3.07. The molecular formula is C19H29NO. The van der Waals surface area contributed by atoms with E-state index in [4.69, 9.17) is 4.74 Å². The van der Waals surface area contributed by atoms with Crippen LogP contribution in [0, 0.1) is 31.6 Å². The lowest BCUT2D eigenvalue weighted by Gasteiger charge is -2.29. The third-order valence-corrected chi connectivity index (χ3v) is 5.39. The Morgan fingerprint density at radius 1 is 1.19 bits per heavy atom. The van der Waals surface area contributed by atoms with Gasteiger partial charge in [0.25, 0.3) is 0 Å². The summed E-state index contributed by atoms with van der Waals surface area (Å²) in [6.07, 6.45) is 5.48. The maximum Gasteiger partial charge on any atom is 0.124 e. The van der Waals surface area contributed by atoms with Crippen molar-refractivity contribution >= 4 is 0 Å². The van der Waals surface area contributed by atoms with Crippen molar-refractivity contribution in [2.45, 2.75) is 52.5 Å². The van der Waals surface area contributed by atoms with Crippen molar-refractivity contribution < 1.29 is 4.74 Å². The van der Waals surface area contributed by atoms with E-state index in [0.29, 0.717) is 6.04 Å². The van der Waals surface area contributed by atoms with Crippen molar-refractivity contribution in [3.05, 3.63) is 28.8 Å². The SMILES string of the molecule is CCCNC(c1c(C)cc(C)cc1OC)C1CC2CC2C1. The molecule has 2 nitrogen and oxygen atoms in total. The summed E-state index contributed by atoms with van der Waals surface area (Å²) in [5.41, 5.74) is 4.07. The molecule has 0 saturated heterocycles. The van der Waals surface area contributed by atoms with Crippen molar-refractivity contribution in [1.29, 1.82) is 0 Å². The zero-order valence-electron chi connectivity index (χ0n) is 13.9. The normalized spacial score (nSPS) is 28.3. The highest BCUT2D eigenvalue weighted by Gasteiger charge is 2.48. The highest BCUT2D eigenvalue weighted by Crippen LogP contribution is 2.57. The van der Waals surface area contributed by atoms with Crippen LogP contribution in [0.1, 0.15) is 55.3 Å². The molecule has 0 radical (unpaired) electrons. The minimum atomic E-state index is 0.466. The van der Waals surface area contributed by atoms with E-state index in [1.165, 1.54) is 42.4 Å². The van der Waals surface area contributed by atoms with E-state index in [2.05, 4.69) is 38.2 Å². The fourth-order valence-electron chi connectivity index (χ4n) is 4.35. The summed E-state index contributed by atoms with van der Waals surface area (Å²) in [5.74, 6) is 3.91. The van der Waals surface area contributed by atoms with E-state index in [0.717, 1.165) is 30.0 Å². The molecule has 21 heavy (non-hydrogen) atoms. The predicted molar refractivity (Wildman–Crippen MR) is 87.8 cm³/mol. The van der Waals surface area contributed by atoms with E-state index in [1.54, 1.807) is 7.11 Å². The molecule has 2 fully saturated rings. The van der Waals surface area contributed by atoms with Crippen LogP contribution in [0.5, 0.6) is 5.75 Å². The standard InChI is InChI=1S/C19H29NO/c1-5-6-20-19(16-10-14-9-15(14)11-16)18-13(3)7-12(2)8-17(18)21-4/h7-8,14-16,19-20H,5-6,9-11H2,1-4H3. The van der Waals surface area contributed by atoms with Gasteiger partial charge in [-0.25, -0.2) is 0 Å². The van der Waals surface area contributed by atoms with Crippen LogP contribution >= 0.6 is 0 Å². The van der Waals surface area contributed by atoms with Gasteiger partial charge in [0, 0.05) is 11.6 Å². The number of ether oxygens (including phenoxy) is 1. The monoisotopic (exact) mass is 287 g/mol. The fraction of sp³-hybridized carbons (Fsp3) is 0.684. The van der Waals surface area contributed by atoms with Crippen LogP contribution in [0.25, 0.3) is 0 Å².